The molecule has 6 nitrogen and oxygen atoms in total. The maximum absolute atomic E-state index is 12.3. The Labute approximate surface area is 178 Å². The van der Waals surface area contributed by atoms with Gasteiger partial charge in [-0.25, -0.2) is 4.79 Å². The number of nitrogens with one attached hydrogen (secondary N) is 1. The summed E-state index contributed by atoms with van der Waals surface area (Å²) >= 11 is 0. The fourth-order valence-electron chi connectivity index (χ4n) is 3.41. The normalized spacial score (nSPS) is 11.2. The van der Waals surface area contributed by atoms with Crippen LogP contribution in [0.3, 0.4) is 0 Å². The summed E-state index contributed by atoms with van der Waals surface area (Å²) in [5, 5.41) is 0. The molecule has 1 heterocycles. The van der Waals surface area contributed by atoms with Crippen molar-refractivity contribution in [3.8, 4) is 11.8 Å². The van der Waals surface area contributed by atoms with Gasteiger partial charge >= 0.3 is 5.69 Å². The lowest BCUT2D eigenvalue weighted by Crippen LogP contribution is -2.37. The Bertz CT molecular complexity index is 1010. The molecule has 0 fully saturated rings. The van der Waals surface area contributed by atoms with E-state index in [0.717, 1.165) is 11.1 Å². The van der Waals surface area contributed by atoms with E-state index in [1.807, 2.05) is 31.2 Å². The van der Waals surface area contributed by atoms with Crippen molar-refractivity contribution in [1.29, 1.82) is 0 Å². The molecule has 0 saturated carbocycles. The summed E-state index contributed by atoms with van der Waals surface area (Å²) < 4.78 is 6.91. The van der Waals surface area contributed by atoms with E-state index in [1.54, 1.807) is 6.92 Å². The van der Waals surface area contributed by atoms with Gasteiger partial charge in [0.05, 0.1) is 6.54 Å². The number of ether oxygens (including phenoxy) is 1. The van der Waals surface area contributed by atoms with Crippen LogP contribution in [0.15, 0.2) is 33.9 Å². The van der Waals surface area contributed by atoms with Crippen molar-refractivity contribution in [1.82, 2.24) is 14.5 Å². The number of nitrogens with zero attached hydrogens (tertiary/aromatic N) is 2. The molecule has 0 unspecified atom stereocenters. The van der Waals surface area contributed by atoms with E-state index in [2.05, 4.69) is 49.4 Å². The summed E-state index contributed by atoms with van der Waals surface area (Å²) in [6, 6.07) is 8.80. The van der Waals surface area contributed by atoms with Crippen LogP contribution in [-0.4, -0.2) is 39.7 Å². The molecule has 0 aliphatic carbocycles. The number of aromatic nitrogens is 2. The molecular formula is C24H33N3O3. The third-order valence-electron chi connectivity index (χ3n) is 5.11. The zero-order chi connectivity index (χ0) is 22.3. The van der Waals surface area contributed by atoms with E-state index in [1.165, 1.54) is 4.57 Å². The third-order valence-corrected chi connectivity index (χ3v) is 5.11. The van der Waals surface area contributed by atoms with Gasteiger partial charge in [0.15, 0.2) is 0 Å². The molecule has 0 spiro atoms. The molecule has 0 saturated heterocycles. The van der Waals surface area contributed by atoms with E-state index in [9.17, 15) is 9.59 Å². The average molecular weight is 412 g/mol. The van der Waals surface area contributed by atoms with Gasteiger partial charge in [0.1, 0.15) is 6.73 Å². The predicted molar refractivity (Wildman–Crippen MR) is 121 cm³/mol. The molecule has 1 N–H and O–H groups in total. The van der Waals surface area contributed by atoms with Crippen LogP contribution in [0.5, 0.6) is 0 Å². The number of rotatable bonds is 8. The van der Waals surface area contributed by atoms with Gasteiger partial charge in [-0.1, -0.05) is 24.0 Å². The van der Waals surface area contributed by atoms with E-state index in [0.29, 0.717) is 42.9 Å². The first-order valence-electron chi connectivity index (χ1n) is 10.5. The number of hydrogen-bond donors (Lipinski definition) is 1. The monoisotopic (exact) mass is 411 g/mol. The summed E-state index contributed by atoms with van der Waals surface area (Å²) in [7, 11) is 0. The number of aromatic amines is 1. The van der Waals surface area contributed by atoms with Gasteiger partial charge in [0.25, 0.3) is 5.56 Å². The Morgan fingerprint density at radius 2 is 1.87 bits per heavy atom. The van der Waals surface area contributed by atoms with Crippen LogP contribution in [0.1, 0.15) is 57.0 Å². The van der Waals surface area contributed by atoms with Crippen molar-refractivity contribution in [3.63, 3.8) is 0 Å². The largest absolute Gasteiger partial charge is 0.361 e. The second kappa shape index (κ2) is 11.0. The van der Waals surface area contributed by atoms with Crippen LogP contribution in [0.4, 0.5) is 0 Å². The summed E-state index contributed by atoms with van der Waals surface area (Å²) in [5.41, 5.74) is 2.28. The van der Waals surface area contributed by atoms with Crippen molar-refractivity contribution < 1.29 is 4.74 Å². The topological polar surface area (TPSA) is 67.3 Å². The minimum atomic E-state index is -0.451. The van der Waals surface area contributed by atoms with Crippen LogP contribution in [0.2, 0.25) is 0 Å². The zero-order valence-electron chi connectivity index (χ0n) is 18.9. The molecule has 2 rings (SSSR count). The first kappa shape index (κ1) is 23.7. The zero-order valence-corrected chi connectivity index (χ0v) is 18.9. The Balaban J connectivity index is 2.29. The Hall–Kier alpha value is -2.62. The Morgan fingerprint density at radius 1 is 1.17 bits per heavy atom. The van der Waals surface area contributed by atoms with Crippen molar-refractivity contribution in [2.75, 3.05) is 13.2 Å². The molecule has 0 radical (unpaired) electrons. The fraction of sp³-hybridized carbons (Fsp3) is 0.500. The maximum Gasteiger partial charge on any atom is 0.330 e. The molecule has 2 aromatic rings. The highest BCUT2D eigenvalue weighted by Crippen LogP contribution is 2.12. The lowest BCUT2D eigenvalue weighted by Gasteiger charge is -2.28. The summed E-state index contributed by atoms with van der Waals surface area (Å²) in [4.78, 5) is 29.1. The molecule has 6 heteroatoms. The van der Waals surface area contributed by atoms with Crippen LogP contribution < -0.4 is 11.2 Å². The number of hydrogen-bond acceptors (Lipinski definition) is 4. The summed E-state index contributed by atoms with van der Waals surface area (Å²) in [6.07, 6.45) is 0.456. The molecule has 1 aromatic carbocycles. The highest BCUT2D eigenvalue weighted by molar-refractivity contribution is 5.39. The van der Waals surface area contributed by atoms with Gasteiger partial charge in [-0.3, -0.25) is 19.2 Å². The molecule has 30 heavy (non-hydrogen) atoms. The van der Waals surface area contributed by atoms with E-state index in [-0.39, 0.29) is 12.3 Å². The second-order valence-corrected chi connectivity index (χ2v) is 7.92. The smallest absolute Gasteiger partial charge is 0.330 e. The van der Waals surface area contributed by atoms with Crippen LogP contribution in [-0.2, 0) is 17.9 Å². The molecule has 0 atom stereocenters. The van der Waals surface area contributed by atoms with E-state index < -0.39 is 5.69 Å². The molecule has 0 aliphatic heterocycles. The minimum Gasteiger partial charge on any atom is -0.361 e. The van der Waals surface area contributed by atoms with Crippen molar-refractivity contribution in [2.24, 2.45) is 0 Å². The molecule has 1 aromatic heterocycles. The Kier molecular flexibility index (Phi) is 8.64. The second-order valence-electron chi connectivity index (χ2n) is 7.92. The first-order valence-corrected chi connectivity index (χ1v) is 10.5. The Morgan fingerprint density at radius 3 is 2.50 bits per heavy atom. The molecule has 162 valence electrons. The van der Waals surface area contributed by atoms with Gasteiger partial charge in [0, 0.05) is 41.9 Å². The highest BCUT2D eigenvalue weighted by atomic mass is 16.5. The quantitative estimate of drug-likeness (QED) is 0.679. The van der Waals surface area contributed by atoms with Crippen LogP contribution in [0.25, 0.3) is 0 Å². The SMILES string of the molecule is CCOCn1c(Cc2cccc(C#CCN(C(C)C)C(C)C)c2)c(C)c(=O)[nH]c1=O. The fourth-order valence-corrected chi connectivity index (χ4v) is 3.41. The standard InChI is InChI=1S/C24H33N3O3/c1-7-30-16-27-22(19(6)23(28)25-24(27)29)15-21-11-8-10-20(14-21)12-9-13-26(17(2)3)18(4)5/h8,10-11,14,17-18H,7,13,15-16H2,1-6H3,(H,25,28,29). The minimum absolute atomic E-state index is 0.113. The average Bonchev–Trinajstić information content (AvgIpc) is 2.68. The number of H-pyrrole nitrogens is 1. The maximum atomic E-state index is 12.3. The lowest BCUT2D eigenvalue weighted by atomic mass is 10.0. The van der Waals surface area contributed by atoms with Gasteiger partial charge < -0.3 is 4.74 Å². The predicted octanol–water partition coefficient (Wildman–Crippen LogP) is 2.90. The van der Waals surface area contributed by atoms with E-state index in [4.69, 9.17) is 4.74 Å². The van der Waals surface area contributed by atoms with Gasteiger partial charge in [-0.15, -0.1) is 0 Å². The third kappa shape index (κ3) is 6.19. The molecule has 0 bridgehead atoms. The van der Waals surface area contributed by atoms with Crippen LogP contribution >= 0.6 is 0 Å². The summed E-state index contributed by atoms with van der Waals surface area (Å²) in [5.74, 6) is 6.51. The number of benzene rings is 1. The van der Waals surface area contributed by atoms with Crippen molar-refractivity contribution >= 4 is 0 Å². The summed E-state index contributed by atoms with van der Waals surface area (Å²) in [6.45, 7) is 13.6. The molecule has 0 amide bonds. The lowest BCUT2D eigenvalue weighted by molar-refractivity contribution is 0.0822. The van der Waals surface area contributed by atoms with E-state index >= 15 is 0 Å². The molecule has 0 aliphatic rings. The first-order chi connectivity index (χ1) is 14.2. The molecular weight excluding hydrogens is 378 g/mol. The van der Waals surface area contributed by atoms with Gasteiger partial charge in [-0.2, -0.15) is 0 Å². The van der Waals surface area contributed by atoms with Gasteiger partial charge in [-0.05, 0) is 59.2 Å². The van der Waals surface area contributed by atoms with Gasteiger partial charge in [0.2, 0.25) is 0 Å². The van der Waals surface area contributed by atoms with Crippen molar-refractivity contribution in [3.05, 3.63) is 67.5 Å². The highest BCUT2D eigenvalue weighted by Gasteiger charge is 2.13. The van der Waals surface area contributed by atoms with Crippen LogP contribution in [0, 0.1) is 18.8 Å². The van der Waals surface area contributed by atoms with Crippen molar-refractivity contribution in [2.45, 2.75) is 66.8 Å².